The lowest BCUT2D eigenvalue weighted by Crippen LogP contribution is -2.64. The molecule has 34 heteroatoms. The lowest BCUT2D eigenvalue weighted by atomic mass is 9.58. The number of rotatable bonds is 28. The maximum absolute atomic E-state index is 14.7. The highest BCUT2D eigenvalue weighted by Crippen LogP contribution is 2.58. The minimum Gasteiger partial charge on any atom is -0.508 e. The fourth-order valence-electron chi connectivity index (χ4n) is 17.1. The fourth-order valence-corrected chi connectivity index (χ4v) is 17.1. The Morgan fingerprint density at radius 2 is 0.826 bits per heavy atom. The van der Waals surface area contributed by atoms with Crippen molar-refractivity contribution in [3.8, 4) is 23.0 Å². The third-order valence-corrected chi connectivity index (χ3v) is 23.9. The Kier molecular flexibility index (Phi) is 23.0. The van der Waals surface area contributed by atoms with Crippen molar-refractivity contribution >= 4 is 82.9 Å². The second kappa shape index (κ2) is 31.7. The van der Waals surface area contributed by atoms with Crippen LogP contribution in [0.4, 0.5) is 0 Å². The molecule has 11 rings (SSSR count). The molecule has 12 atom stereocenters. The van der Waals surface area contributed by atoms with Gasteiger partial charge in [0.2, 0.25) is 53.2 Å². The third-order valence-electron chi connectivity index (χ3n) is 23.9. The summed E-state index contributed by atoms with van der Waals surface area (Å²) in [6.45, 7) is 12.1. The number of guanidine groups is 3. The number of nitrogens with two attached hydrogens (primary N) is 7. The lowest BCUT2D eigenvalue weighted by molar-refractivity contribution is -0.145. The monoisotopic (exact) mass is 1510 g/mol. The van der Waals surface area contributed by atoms with E-state index in [1.807, 2.05) is 41.5 Å². The summed E-state index contributed by atoms with van der Waals surface area (Å²) in [5, 5.41) is 39.4. The fraction of sp³-hybridized carbons (Fsp3) is 0.573. The highest BCUT2D eigenvalue weighted by atomic mass is 16.6. The molecule has 3 aliphatic carbocycles. The van der Waals surface area contributed by atoms with Gasteiger partial charge < -0.3 is 106 Å². The first-order valence-corrected chi connectivity index (χ1v) is 37.4. The Hall–Kier alpha value is -11.0. The first-order valence-electron chi connectivity index (χ1n) is 37.4. The number of hydrogen-bond donors (Lipinski definition) is 15. The van der Waals surface area contributed by atoms with E-state index in [1.165, 1.54) is 45.0 Å². The summed E-state index contributed by atoms with van der Waals surface area (Å²) < 4.78 is 12.4. The molecule has 5 aliphatic heterocycles. The number of aliphatic imine (C=N–C) groups is 3. The molecule has 8 aliphatic rings. The van der Waals surface area contributed by atoms with E-state index in [-0.39, 0.29) is 178 Å². The zero-order valence-electron chi connectivity index (χ0n) is 62.4. The Bertz CT molecular complexity index is 4150. The molecule has 22 N–H and O–H groups in total. The van der Waals surface area contributed by atoms with Crippen LogP contribution in [-0.4, -0.2) is 201 Å². The summed E-state index contributed by atoms with van der Waals surface area (Å²) in [5.41, 5.74) is 35.7. The standard InChI is InChI=1S/C75H103N19O15/c1-72(2)46(31-54(72)89-62(101)42-14-13-15-45-60(42)68(107)109-75(45)43-21-19-40(95)29-52(43)108-53-30-41(96)20-22-44(53)75)64(103)87-38-27-50(93(35-38)58(98)17-8-11-24-84-70(79)80)67(106)91-56-33-48(74(56,5)6)65(104)88-39-28-51(94(36-39)59(99)18-9-12-25-85-71(81)82)66(105)90-55-32-47(73(55,3)4)63(102)86-37-26-49(61(76)100)92(34-37)57(97)16-7-10-23-83-69(77)78/h13-15,19-22,29-30,37-39,46-51,54-56,95-96H,7-12,16-18,23-28,31-36H2,1-6H3,(H2,76,100)(H,86,102)(H,87,103)(H,88,104)(H,89,101)(H,90,105)(H,91,106)(H4,77,78,83)(H4,79,80,84)(H4,81,82,85)/t37-,38-,39-,46+,47+,48+,49-,50-,51-,54+,55?,56+/m0/s1. The van der Waals surface area contributed by atoms with Gasteiger partial charge in [-0.05, 0) is 124 Å². The number of likely N-dealkylation sites (tertiary alicyclic amines) is 3. The average Bonchev–Trinajstić information content (AvgIpc) is 1.56. The predicted molar refractivity (Wildman–Crippen MR) is 398 cm³/mol. The van der Waals surface area contributed by atoms with Gasteiger partial charge in [-0.1, -0.05) is 53.7 Å². The van der Waals surface area contributed by atoms with Gasteiger partial charge in [0.25, 0.3) is 5.91 Å². The molecule has 3 saturated carbocycles. The Labute approximate surface area is 631 Å². The molecule has 0 aromatic heterocycles. The van der Waals surface area contributed by atoms with Gasteiger partial charge in [-0.3, -0.25) is 62.9 Å². The minimum atomic E-state index is -1.61. The predicted octanol–water partition coefficient (Wildman–Crippen LogP) is -0.0544. The second-order valence-corrected chi connectivity index (χ2v) is 31.9. The highest BCUT2D eigenvalue weighted by molar-refractivity contribution is 6.09. The molecular formula is C75H103N19O15. The number of benzene rings is 3. The van der Waals surface area contributed by atoms with Crippen LogP contribution in [0.15, 0.2) is 69.6 Å². The van der Waals surface area contributed by atoms with Crippen LogP contribution in [-0.2, 0) is 53.5 Å². The molecule has 5 heterocycles. The SMILES string of the molecule is CC1(C)C(NC(=O)[C@@H]2C[C@H](NC(=O)[C@H]3C[C@@H](NC(=O)[C@@H]4C[C@H](NC(=O)[C@H]5C[C@@H](NC(=O)c6cccc7c6C(=O)OC76c7ccc(O)cc7Oc7cc(O)ccc76)C5(C)C)CN4C(=O)CCCCN=C(N)N)C3(C)C)CN2C(=O)CCCCN=C(N)N)C[C@@H]1C(=O)N[C@H]1C[C@@H](C(N)=O)N(C(=O)CCCCN=C(N)N)C1. The van der Waals surface area contributed by atoms with Crippen molar-refractivity contribution in [2.45, 2.75) is 198 Å². The van der Waals surface area contributed by atoms with Crippen molar-refractivity contribution in [1.29, 1.82) is 0 Å². The molecule has 3 aromatic rings. The maximum atomic E-state index is 14.7. The molecule has 0 bridgehead atoms. The second-order valence-electron chi connectivity index (χ2n) is 31.9. The van der Waals surface area contributed by atoms with E-state index in [0.717, 1.165) is 0 Å². The van der Waals surface area contributed by atoms with Gasteiger partial charge in [0.15, 0.2) is 23.5 Å². The quantitative estimate of drug-likeness (QED) is 0.0196. The van der Waals surface area contributed by atoms with Crippen LogP contribution in [0.2, 0.25) is 0 Å². The van der Waals surface area contributed by atoms with Gasteiger partial charge >= 0.3 is 5.97 Å². The number of ether oxygens (including phenoxy) is 2. The van der Waals surface area contributed by atoms with Gasteiger partial charge in [-0.2, -0.15) is 0 Å². The number of esters is 1. The Balaban J connectivity index is 0.699. The Morgan fingerprint density at radius 1 is 0.459 bits per heavy atom. The van der Waals surface area contributed by atoms with Crippen molar-refractivity contribution < 1.29 is 72.4 Å². The molecule has 3 saturated heterocycles. The van der Waals surface area contributed by atoms with Crippen molar-refractivity contribution in [2.24, 2.45) is 89.1 Å². The van der Waals surface area contributed by atoms with Gasteiger partial charge in [0.05, 0.1) is 11.1 Å². The van der Waals surface area contributed by atoms with Crippen molar-refractivity contribution in [3.05, 3.63) is 82.4 Å². The zero-order valence-corrected chi connectivity index (χ0v) is 62.4. The van der Waals surface area contributed by atoms with E-state index in [4.69, 9.17) is 49.6 Å². The van der Waals surface area contributed by atoms with E-state index in [9.17, 15) is 63.0 Å². The van der Waals surface area contributed by atoms with Crippen LogP contribution in [0.3, 0.4) is 0 Å². The van der Waals surface area contributed by atoms with Crippen molar-refractivity contribution in [1.82, 2.24) is 46.6 Å². The molecule has 34 nitrogen and oxygen atoms in total. The number of phenolic OH excluding ortho intramolecular Hbond substituents is 2. The molecule has 0 radical (unpaired) electrons. The van der Waals surface area contributed by atoms with E-state index in [0.29, 0.717) is 61.8 Å². The van der Waals surface area contributed by atoms with Gasteiger partial charge in [0.1, 0.15) is 41.1 Å². The summed E-state index contributed by atoms with van der Waals surface area (Å²) >= 11 is 0. The molecule has 1 spiro atoms. The van der Waals surface area contributed by atoms with Crippen LogP contribution in [0.25, 0.3) is 0 Å². The minimum absolute atomic E-state index is 0.00841. The number of carbonyl (C=O) groups excluding carboxylic acids is 11. The largest absolute Gasteiger partial charge is 0.508 e. The molecule has 6 fully saturated rings. The van der Waals surface area contributed by atoms with E-state index in [2.05, 4.69) is 46.9 Å². The highest BCUT2D eigenvalue weighted by Gasteiger charge is 2.59. The summed E-state index contributed by atoms with van der Waals surface area (Å²) in [4.78, 5) is 171. The van der Waals surface area contributed by atoms with E-state index < -0.39 is 124 Å². The van der Waals surface area contributed by atoms with Gasteiger partial charge in [0, 0.05) is 141 Å². The van der Waals surface area contributed by atoms with Crippen molar-refractivity contribution in [3.63, 3.8) is 0 Å². The third kappa shape index (κ3) is 16.3. The number of phenols is 2. The number of carbonyl (C=O) groups is 11. The molecule has 588 valence electrons. The Morgan fingerprint density at radius 3 is 1.19 bits per heavy atom. The van der Waals surface area contributed by atoms with Crippen LogP contribution in [0.5, 0.6) is 23.0 Å². The number of nitrogens with one attached hydrogen (secondary N) is 6. The molecule has 3 aromatic carbocycles. The molecule has 10 amide bonds. The topological polar surface area (TPSA) is 548 Å². The number of fused-ring (bicyclic) bond motifs is 6. The van der Waals surface area contributed by atoms with Crippen LogP contribution in [0, 0.1) is 34.0 Å². The zero-order chi connectivity index (χ0) is 78.9. The number of hydrogen-bond acceptors (Lipinski definition) is 18. The van der Waals surface area contributed by atoms with Gasteiger partial charge in [-0.25, -0.2) is 4.79 Å². The summed E-state index contributed by atoms with van der Waals surface area (Å²) in [5.74, 6) is -6.89. The first kappa shape index (κ1) is 79.1. The average molecular weight is 1510 g/mol. The molecular weight excluding hydrogens is 1410 g/mol. The van der Waals surface area contributed by atoms with E-state index in [1.54, 1.807) is 24.3 Å². The lowest BCUT2D eigenvalue weighted by Gasteiger charge is -2.51. The maximum Gasteiger partial charge on any atom is 0.340 e. The van der Waals surface area contributed by atoms with E-state index >= 15 is 0 Å². The summed E-state index contributed by atoms with van der Waals surface area (Å²) in [7, 11) is 0. The first-order chi connectivity index (χ1) is 51.5. The number of amides is 10. The van der Waals surface area contributed by atoms with Crippen LogP contribution in [0.1, 0.15) is 175 Å². The van der Waals surface area contributed by atoms with Crippen LogP contribution >= 0.6 is 0 Å². The molecule has 109 heavy (non-hydrogen) atoms. The number of nitrogens with zero attached hydrogens (tertiary/aromatic N) is 6. The molecule has 1 unspecified atom stereocenters. The number of aromatic hydroxyl groups is 2. The smallest absolute Gasteiger partial charge is 0.340 e. The number of primary amides is 1. The van der Waals surface area contributed by atoms with Crippen LogP contribution < -0.4 is 76.8 Å². The summed E-state index contributed by atoms with van der Waals surface area (Å²) in [6, 6.07) is 7.17. The summed E-state index contributed by atoms with van der Waals surface area (Å²) in [6.07, 6.45) is 3.99. The normalized spacial score (nSPS) is 25.8. The number of unbranched alkanes of at least 4 members (excludes halogenated alkanes) is 3. The van der Waals surface area contributed by atoms with Gasteiger partial charge in [-0.15, -0.1) is 0 Å². The van der Waals surface area contributed by atoms with Crippen molar-refractivity contribution in [2.75, 3.05) is 39.3 Å².